The van der Waals surface area contributed by atoms with Gasteiger partial charge in [-0.2, -0.15) is 0 Å². The maximum atomic E-state index is 13.3. The average molecular weight is 352 g/mol. The van der Waals surface area contributed by atoms with Crippen molar-refractivity contribution in [2.45, 2.75) is 17.7 Å². The molecule has 1 aliphatic heterocycles. The van der Waals surface area contributed by atoms with Gasteiger partial charge in [0.25, 0.3) is 0 Å². The first-order chi connectivity index (χ1) is 8.99. The summed E-state index contributed by atoms with van der Waals surface area (Å²) in [5.41, 5.74) is 0. The Morgan fingerprint density at radius 1 is 1.47 bits per heavy atom. The highest BCUT2D eigenvalue weighted by Gasteiger charge is 2.20. The van der Waals surface area contributed by atoms with Crippen LogP contribution in [-0.4, -0.2) is 28.2 Å². The van der Waals surface area contributed by atoms with Gasteiger partial charge in [-0.3, -0.25) is 0 Å². The first kappa shape index (κ1) is 14.9. The summed E-state index contributed by atoms with van der Waals surface area (Å²) in [5, 5.41) is 0. The van der Waals surface area contributed by atoms with E-state index < -0.39 is 15.8 Å². The molecule has 1 fully saturated rings. The zero-order valence-electron chi connectivity index (χ0n) is 10.2. The minimum atomic E-state index is -3.67. The molecule has 0 amide bonds. The lowest BCUT2D eigenvalue weighted by Crippen LogP contribution is -2.33. The van der Waals surface area contributed by atoms with Crippen molar-refractivity contribution in [3.05, 3.63) is 28.5 Å². The first-order valence-corrected chi connectivity index (χ1v) is 8.29. The molecular formula is C12H15BrFNO3S. The fourth-order valence-electron chi connectivity index (χ4n) is 1.92. The van der Waals surface area contributed by atoms with E-state index in [0.29, 0.717) is 13.2 Å². The van der Waals surface area contributed by atoms with Gasteiger partial charge in [0.2, 0.25) is 10.0 Å². The van der Waals surface area contributed by atoms with Crippen LogP contribution in [0.2, 0.25) is 0 Å². The third kappa shape index (κ3) is 3.98. The van der Waals surface area contributed by atoms with Crippen LogP contribution in [0.4, 0.5) is 4.39 Å². The molecule has 1 saturated heterocycles. The van der Waals surface area contributed by atoms with E-state index in [1.54, 1.807) is 0 Å². The number of benzene rings is 1. The van der Waals surface area contributed by atoms with Crippen molar-refractivity contribution in [3.8, 4) is 0 Å². The monoisotopic (exact) mass is 351 g/mol. The summed E-state index contributed by atoms with van der Waals surface area (Å²) in [6.45, 7) is 1.62. The van der Waals surface area contributed by atoms with E-state index in [-0.39, 0.29) is 15.3 Å². The lowest BCUT2D eigenvalue weighted by atomic mass is 10.0. The van der Waals surface area contributed by atoms with E-state index in [4.69, 9.17) is 4.74 Å². The predicted octanol–water partition coefficient (Wildman–Crippen LogP) is 2.29. The summed E-state index contributed by atoms with van der Waals surface area (Å²) in [4.78, 5) is -0.0649. The zero-order chi connectivity index (χ0) is 13.9. The molecule has 2 rings (SSSR count). The van der Waals surface area contributed by atoms with Crippen LogP contribution < -0.4 is 4.72 Å². The quantitative estimate of drug-likeness (QED) is 0.905. The maximum absolute atomic E-state index is 13.3. The highest BCUT2D eigenvalue weighted by molar-refractivity contribution is 9.10. The van der Waals surface area contributed by atoms with Gasteiger partial charge >= 0.3 is 0 Å². The van der Waals surface area contributed by atoms with Gasteiger partial charge < -0.3 is 4.74 Å². The smallest absolute Gasteiger partial charge is 0.240 e. The summed E-state index contributed by atoms with van der Waals surface area (Å²) in [7, 11) is -3.67. The Morgan fingerprint density at radius 3 is 2.89 bits per heavy atom. The summed E-state index contributed by atoms with van der Waals surface area (Å²) in [5.74, 6) is -0.410. The van der Waals surface area contributed by atoms with Gasteiger partial charge in [-0.25, -0.2) is 17.5 Å². The van der Waals surface area contributed by atoms with Crippen molar-refractivity contribution in [2.24, 2.45) is 5.92 Å². The van der Waals surface area contributed by atoms with Crippen molar-refractivity contribution in [2.75, 3.05) is 19.8 Å². The second-order valence-corrected chi connectivity index (χ2v) is 7.13. The molecule has 0 aromatic heterocycles. The SMILES string of the molecule is O=S(=O)(NCC1CCCOC1)c1ccc(Br)c(F)c1. The summed E-state index contributed by atoms with van der Waals surface area (Å²) >= 11 is 2.99. The van der Waals surface area contributed by atoms with Gasteiger partial charge in [-0.1, -0.05) is 0 Å². The lowest BCUT2D eigenvalue weighted by Gasteiger charge is -2.22. The van der Waals surface area contributed by atoms with Crippen molar-refractivity contribution >= 4 is 26.0 Å². The Bertz CT molecular complexity index is 544. The number of hydrogen-bond acceptors (Lipinski definition) is 3. The Balaban J connectivity index is 2.02. The van der Waals surface area contributed by atoms with Crippen LogP contribution in [0.3, 0.4) is 0 Å². The van der Waals surface area contributed by atoms with Crippen molar-refractivity contribution < 1.29 is 17.5 Å². The average Bonchev–Trinajstić information content (AvgIpc) is 2.41. The number of hydrogen-bond donors (Lipinski definition) is 1. The molecule has 0 spiro atoms. The van der Waals surface area contributed by atoms with Crippen LogP contribution in [0, 0.1) is 11.7 Å². The summed E-state index contributed by atoms with van der Waals surface area (Å²) < 4.78 is 45.4. The second kappa shape index (κ2) is 6.30. The number of rotatable bonds is 4. The standard InChI is InChI=1S/C12H15BrFNO3S/c13-11-4-3-10(6-12(11)14)19(16,17)15-7-9-2-1-5-18-8-9/h3-4,6,9,15H,1-2,5,7-8H2. The van der Waals surface area contributed by atoms with Crippen LogP contribution >= 0.6 is 15.9 Å². The lowest BCUT2D eigenvalue weighted by molar-refractivity contribution is 0.0568. The van der Waals surface area contributed by atoms with E-state index >= 15 is 0 Å². The number of halogens is 2. The van der Waals surface area contributed by atoms with E-state index in [2.05, 4.69) is 20.7 Å². The Labute approximate surface area is 120 Å². The van der Waals surface area contributed by atoms with Gasteiger partial charge in [0.15, 0.2) is 0 Å². The normalized spacial score (nSPS) is 20.4. The minimum absolute atomic E-state index is 0.0649. The molecule has 19 heavy (non-hydrogen) atoms. The molecule has 1 aromatic carbocycles. The molecule has 106 valence electrons. The molecule has 7 heteroatoms. The van der Waals surface area contributed by atoms with Crippen LogP contribution in [0.15, 0.2) is 27.6 Å². The fraction of sp³-hybridized carbons (Fsp3) is 0.500. The number of sulfonamides is 1. The third-order valence-electron chi connectivity index (χ3n) is 3.02. The molecule has 1 aromatic rings. The molecule has 0 radical (unpaired) electrons. The number of nitrogens with one attached hydrogen (secondary N) is 1. The second-order valence-electron chi connectivity index (χ2n) is 4.51. The molecule has 4 nitrogen and oxygen atoms in total. The molecule has 1 unspecified atom stereocenters. The van der Waals surface area contributed by atoms with Crippen LogP contribution in [0.25, 0.3) is 0 Å². The van der Waals surface area contributed by atoms with Crippen LogP contribution in [0.5, 0.6) is 0 Å². The molecule has 1 atom stereocenters. The fourth-order valence-corrected chi connectivity index (χ4v) is 3.30. The van der Waals surface area contributed by atoms with Gasteiger partial charge in [0.1, 0.15) is 5.82 Å². The molecule has 1 aliphatic rings. The zero-order valence-corrected chi connectivity index (χ0v) is 12.6. The van der Waals surface area contributed by atoms with E-state index in [0.717, 1.165) is 25.5 Å². The van der Waals surface area contributed by atoms with Gasteiger partial charge in [0.05, 0.1) is 16.0 Å². The van der Waals surface area contributed by atoms with Gasteiger partial charge in [-0.15, -0.1) is 0 Å². The highest BCUT2D eigenvalue weighted by atomic mass is 79.9. The van der Waals surface area contributed by atoms with Gasteiger partial charge in [0, 0.05) is 13.2 Å². The van der Waals surface area contributed by atoms with E-state index in [1.807, 2.05) is 0 Å². The molecule has 0 saturated carbocycles. The van der Waals surface area contributed by atoms with Crippen LogP contribution in [-0.2, 0) is 14.8 Å². The maximum Gasteiger partial charge on any atom is 0.240 e. The molecule has 1 N–H and O–H groups in total. The van der Waals surface area contributed by atoms with E-state index in [9.17, 15) is 12.8 Å². The van der Waals surface area contributed by atoms with E-state index in [1.165, 1.54) is 12.1 Å². The van der Waals surface area contributed by atoms with Gasteiger partial charge in [-0.05, 0) is 52.9 Å². The largest absolute Gasteiger partial charge is 0.381 e. The van der Waals surface area contributed by atoms with Crippen molar-refractivity contribution in [1.82, 2.24) is 4.72 Å². The number of ether oxygens (including phenoxy) is 1. The molecule has 1 heterocycles. The molecular weight excluding hydrogens is 337 g/mol. The third-order valence-corrected chi connectivity index (χ3v) is 5.08. The first-order valence-electron chi connectivity index (χ1n) is 6.01. The minimum Gasteiger partial charge on any atom is -0.381 e. The topological polar surface area (TPSA) is 55.4 Å². The Morgan fingerprint density at radius 2 is 2.26 bits per heavy atom. The van der Waals surface area contributed by atoms with Crippen molar-refractivity contribution in [1.29, 1.82) is 0 Å². The Hall–Kier alpha value is -0.500. The van der Waals surface area contributed by atoms with Crippen molar-refractivity contribution in [3.63, 3.8) is 0 Å². The predicted molar refractivity (Wildman–Crippen MR) is 72.8 cm³/mol. The van der Waals surface area contributed by atoms with Crippen LogP contribution in [0.1, 0.15) is 12.8 Å². The molecule has 0 aliphatic carbocycles. The summed E-state index contributed by atoms with van der Waals surface area (Å²) in [6.07, 6.45) is 1.89. The summed E-state index contributed by atoms with van der Waals surface area (Å²) in [6, 6.07) is 3.75. The highest BCUT2D eigenvalue weighted by Crippen LogP contribution is 2.20. The Kier molecular flexibility index (Phi) is 4.94. The molecule has 0 bridgehead atoms.